The van der Waals surface area contributed by atoms with E-state index in [2.05, 4.69) is 0 Å². The summed E-state index contributed by atoms with van der Waals surface area (Å²) < 4.78 is 10.7. The van der Waals surface area contributed by atoms with E-state index >= 15 is 0 Å². The molecule has 0 bridgehead atoms. The molecule has 0 saturated heterocycles. The summed E-state index contributed by atoms with van der Waals surface area (Å²) in [7, 11) is 0. The number of hydrogen-bond donors (Lipinski definition) is 2. The van der Waals surface area contributed by atoms with Gasteiger partial charge in [0.25, 0.3) is 0 Å². The van der Waals surface area contributed by atoms with Crippen LogP contribution in [0.2, 0.25) is 0 Å². The normalized spacial score (nSPS) is 11.5. The quantitative estimate of drug-likeness (QED) is 0.125. The van der Waals surface area contributed by atoms with Gasteiger partial charge in [0, 0.05) is 11.1 Å². The summed E-state index contributed by atoms with van der Waals surface area (Å²) in [6, 6.07) is 33.3. The van der Waals surface area contributed by atoms with Crippen LogP contribution in [0.3, 0.4) is 0 Å². The zero-order chi connectivity index (χ0) is 30.1. The van der Waals surface area contributed by atoms with Gasteiger partial charge < -0.3 is 19.7 Å². The predicted molar refractivity (Wildman–Crippen MR) is 160 cm³/mol. The summed E-state index contributed by atoms with van der Waals surface area (Å²) in [6.07, 6.45) is 0. The van der Waals surface area contributed by atoms with Crippen LogP contribution in [-0.2, 0) is 41.9 Å². The Bertz CT molecular complexity index is 1840. The third-order valence-corrected chi connectivity index (χ3v) is 7.71. The third kappa shape index (κ3) is 4.59. The highest BCUT2D eigenvalue weighted by molar-refractivity contribution is 6.32. The molecule has 0 heterocycles. The van der Waals surface area contributed by atoms with Gasteiger partial charge in [0.2, 0.25) is 0 Å². The molecule has 0 aliphatic heterocycles. The molecule has 2 N–H and O–H groups in total. The summed E-state index contributed by atoms with van der Waals surface area (Å²) in [6.45, 7) is -0.936. The maximum atomic E-state index is 13.4. The van der Waals surface area contributed by atoms with Crippen LogP contribution in [-0.4, -0.2) is 34.1 Å². The number of ether oxygens (including phenoxy) is 2. The lowest BCUT2D eigenvalue weighted by Gasteiger charge is -2.22. The van der Waals surface area contributed by atoms with Gasteiger partial charge in [-0.1, -0.05) is 97.1 Å². The van der Waals surface area contributed by atoms with E-state index in [1.54, 1.807) is 24.3 Å². The average Bonchev–Trinajstić information content (AvgIpc) is 3.01. The zero-order valence-electron chi connectivity index (χ0n) is 22.7. The van der Waals surface area contributed by atoms with Crippen molar-refractivity contribution in [2.24, 2.45) is 5.41 Å². The lowest BCUT2D eigenvalue weighted by atomic mass is 9.88. The number of carbonyl (C=O) groups is 4. The van der Waals surface area contributed by atoms with Crippen molar-refractivity contribution in [2.75, 3.05) is 0 Å². The fourth-order valence-corrected chi connectivity index (χ4v) is 5.54. The number of carboxylic acid groups (broad SMARTS) is 2. The average molecular weight is 573 g/mol. The van der Waals surface area contributed by atoms with E-state index in [1.165, 1.54) is 0 Å². The first-order chi connectivity index (χ1) is 20.8. The van der Waals surface area contributed by atoms with Crippen molar-refractivity contribution in [3.05, 3.63) is 120 Å². The highest BCUT2D eigenvalue weighted by Crippen LogP contribution is 2.33. The molecule has 0 aliphatic rings. The third-order valence-electron chi connectivity index (χ3n) is 7.71. The maximum absolute atomic E-state index is 13.4. The Morgan fingerprint density at radius 3 is 1.05 bits per heavy atom. The molecule has 8 nitrogen and oxygen atoms in total. The standard InChI is InChI=1S/C35H24O8/c36-31(37)35(32(38)39,33(40)42-19-29-25-13-5-1-9-21(25)17-22-10-2-6-14-26(22)29)34(41)43-20-30-27-15-7-3-11-23(27)18-24-12-4-8-16-28(24)30/h1-18H,19-20H2,(H,36,37)(H,38,39). The number of carboxylic acids is 2. The second-order valence-electron chi connectivity index (χ2n) is 10.1. The molecule has 212 valence electrons. The van der Waals surface area contributed by atoms with E-state index in [-0.39, 0.29) is 0 Å². The Morgan fingerprint density at radius 1 is 0.488 bits per heavy atom. The molecule has 0 aliphatic carbocycles. The van der Waals surface area contributed by atoms with E-state index < -0.39 is 42.5 Å². The minimum absolute atomic E-state index is 0.468. The highest BCUT2D eigenvalue weighted by Gasteiger charge is 2.64. The molecule has 0 amide bonds. The molecule has 6 aromatic rings. The zero-order valence-corrected chi connectivity index (χ0v) is 22.7. The first-order valence-corrected chi connectivity index (χ1v) is 13.4. The summed E-state index contributed by atoms with van der Waals surface area (Å²) in [5.74, 6) is -7.92. The number of rotatable bonds is 8. The lowest BCUT2D eigenvalue weighted by Crippen LogP contribution is -2.54. The Kier molecular flexibility index (Phi) is 6.95. The van der Waals surface area contributed by atoms with E-state index in [1.807, 2.05) is 84.9 Å². The van der Waals surface area contributed by atoms with Crippen LogP contribution in [0.15, 0.2) is 109 Å². The monoisotopic (exact) mass is 572 g/mol. The first kappa shape index (κ1) is 27.4. The van der Waals surface area contributed by atoms with E-state index in [0.29, 0.717) is 11.1 Å². The molecular weight excluding hydrogens is 548 g/mol. The molecule has 6 rings (SSSR count). The molecule has 0 fully saturated rings. The van der Waals surface area contributed by atoms with Gasteiger partial charge in [-0.3, -0.25) is 0 Å². The number of hydrogen-bond acceptors (Lipinski definition) is 6. The van der Waals surface area contributed by atoms with Crippen molar-refractivity contribution in [3.8, 4) is 0 Å². The van der Waals surface area contributed by atoms with Crippen molar-refractivity contribution >= 4 is 67.0 Å². The van der Waals surface area contributed by atoms with Crippen molar-refractivity contribution in [2.45, 2.75) is 13.2 Å². The predicted octanol–water partition coefficient (Wildman–Crippen LogP) is 6.24. The Balaban J connectivity index is 1.34. The second kappa shape index (κ2) is 10.9. The maximum Gasteiger partial charge on any atom is 0.355 e. The topological polar surface area (TPSA) is 127 Å². The van der Waals surface area contributed by atoms with E-state index in [0.717, 1.165) is 43.1 Å². The van der Waals surface area contributed by atoms with Crippen molar-refractivity contribution in [1.29, 1.82) is 0 Å². The van der Waals surface area contributed by atoms with Crippen LogP contribution in [0.4, 0.5) is 0 Å². The van der Waals surface area contributed by atoms with Crippen molar-refractivity contribution in [1.82, 2.24) is 0 Å². The van der Waals surface area contributed by atoms with Gasteiger partial charge in [-0.05, 0) is 55.2 Å². The van der Waals surface area contributed by atoms with Gasteiger partial charge in [-0.25, -0.2) is 19.2 Å². The fourth-order valence-electron chi connectivity index (χ4n) is 5.54. The summed E-state index contributed by atoms with van der Waals surface area (Å²) in [5.41, 5.74) is -2.55. The molecule has 43 heavy (non-hydrogen) atoms. The van der Waals surface area contributed by atoms with Gasteiger partial charge >= 0.3 is 29.3 Å². The van der Waals surface area contributed by atoms with Crippen LogP contribution in [0, 0.1) is 5.41 Å². The molecule has 0 saturated carbocycles. The summed E-state index contributed by atoms with van der Waals surface area (Å²) in [4.78, 5) is 51.6. The van der Waals surface area contributed by atoms with Crippen LogP contribution >= 0.6 is 0 Å². The second-order valence-corrected chi connectivity index (χ2v) is 10.1. The van der Waals surface area contributed by atoms with Crippen LogP contribution in [0.1, 0.15) is 11.1 Å². The molecule has 0 atom stereocenters. The number of aliphatic carboxylic acids is 2. The van der Waals surface area contributed by atoms with Crippen LogP contribution < -0.4 is 0 Å². The SMILES string of the molecule is O=C(O)C(C(=O)O)(C(=O)OCc1c2ccccc2cc2ccccc12)C(=O)OCc1c2ccccc2cc2ccccc12. The largest absolute Gasteiger partial charge is 0.480 e. The minimum atomic E-state index is -3.64. The molecule has 0 radical (unpaired) electrons. The molecule has 6 aromatic carbocycles. The minimum Gasteiger partial charge on any atom is -0.480 e. The van der Waals surface area contributed by atoms with Crippen LogP contribution in [0.5, 0.6) is 0 Å². The van der Waals surface area contributed by atoms with Gasteiger partial charge in [-0.15, -0.1) is 0 Å². The lowest BCUT2D eigenvalue weighted by molar-refractivity contribution is -0.189. The molecule has 0 spiro atoms. The smallest absolute Gasteiger partial charge is 0.355 e. The molecular formula is C35H24O8. The number of carbonyl (C=O) groups excluding carboxylic acids is 2. The number of fused-ring (bicyclic) bond motifs is 4. The first-order valence-electron chi connectivity index (χ1n) is 13.4. The molecule has 8 heteroatoms. The summed E-state index contributed by atoms with van der Waals surface area (Å²) in [5, 5.41) is 26.4. The van der Waals surface area contributed by atoms with E-state index in [9.17, 15) is 29.4 Å². The number of benzene rings is 6. The van der Waals surface area contributed by atoms with Gasteiger partial charge in [-0.2, -0.15) is 0 Å². The Labute approximate surface area is 244 Å². The van der Waals surface area contributed by atoms with Gasteiger partial charge in [0.15, 0.2) is 0 Å². The Hall–Kier alpha value is -5.76. The van der Waals surface area contributed by atoms with Crippen molar-refractivity contribution < 1.29 is 38.9 Å². The molecule has 0 unspecified atom stereocenters. The van der Waals surface area contributed by atoms with Crippen molar-refractivity contribution in [3.63, 3.8) is 0 Å². The number of esters is 2. The Morgan fingerprint density at radius 2 is 0.767 bits per heavy atom. The van der Waals surface area contributed by atoms with Gasteiger partial charge in [0.1, 0.15) is 13.2 Å². The molecule has 0 aromatic heterocycles. The van der Waals surface area contributed by atoms with Gasteiger partial charge in [0.05, 0.1) is 0 Å². The summed E-state index contributed by atoms with van der Waals surface area (Å²) >= 11 is 0. The fraction of sp³-hybridized carbons (Fsp3) is 0.0857. The highest BCUT2D eigenvalue weighted by atomic mass is 16.6. The van der Waals surface area contributed by atoms with Crippen LogP contribution in [0.25, 0.3) is 43.1 Å². The van der Waals surface area contributed by atoms with E-state index in [4.69, 9.17) is 9.47 Å².